The average Bonchev–Trinajstić information content (AvgIpc) is 3.28. The molecule has 132 valence electrons. The summed E-state index contributed by atoms with van der Waals surface area (Å²) in [6.07, 6.45) is 0. The Morgan fingerprint density at radius 3 is 2.77 bits per heavy atom. The molecule has 0 aliphatic rings. The smallest absolute Gasteiger partial charge is 0.123 e. The van der Waals surface area contributed by atoms with Crippen molar-refractivity contribution in [3.8, 4) is 16.3 Å². The van der Waals surface area contributed by atoms with E-state index in [1.807, 2.05) is 24.3 Å². The Hall–Kier alpha value is -2.28. The van der Waals surface area contributed by atoms with Crippen molar-refractivity contribution in [3.63, 3.8) is 0 Å². The summed E-state index contributed by atoms with van der Waals surface area (Å²) in [6, 6.07) is 16.3. The van der Waals surface area contributed by atoms with Gasteiger partial charge in [0.15, 0.2) is 0 Å². The lowest BCUT2D eigenvalue weighted by Crippen LogP contribution is -2.17. The normalized spacial score (nSPS) is 11.3. The lowest BCUT2D eigenvalue weighted by Gasteiger charge is -2.12. The topological polar surface area (TPSA) is 38.2 Å². The molecule has 0 aliphatic heterocycles. The SMILES string of the molecule is COc1cccc(-c2nc(CN(C)Cc3nc4ccccc4s3)cs2)c1. The number of nitrogens with zero attached hydrogens (tertiary/aromatic N) is 3. The molecule has 0 bridgehead atoms. The number of rotatable bonds is 6. The van der Waals surface area contributed by atoms with Gasteiger partial charge in [-0.15, -0.1) is 22.7 Å². The maximum atomic E-state index is 5.30. The molecule has 6 heteroatoms. The van der Waals surface area contributed by atoms with Crippen molar-refractivity contribution in [2.24, 2.45) is 0 Å². The first kappa shape index (κ1) is 17.1. The number of para-hydroxylation sites is 1. The van der Waals surface area contributed by atoms with Gasteiger partial charge in [0.05, 0.1) is 29.6 Å². The van der Waals surface area contributed by atoms with Crippen LogP contribution >= 0.6 is 22.7 Å². The van der Waals surface area contributed by atoms with Crippen LogP contribution in [0.1, 0.15) is 10.7 Å². The molecular formula is C20H19N3OS2. The van der Waals surface area contributed by atoms with Crippen LogP contribution in [0.25, 0.3) is 20.8 Å². The van der Waals surface area contributed by atoms with Crippen LogP contribution in [0.15, 0.2) is 53.9 Å². The Balaban J connectivity index is 1.44. The summed E-state index contributed by atoms with van der Waals surface area (Å²) >= 11 is 3.43. The van der Waals surface area contributed by atoms with E-state index in [0.29, 0.717) is 0 Å². The van der Waals surface area contributed by atoms with Crippen LogP contribution in [-0.2, 0) is 13.1 Å². The molecule has 0 fully saturated rings. The molecule has 0 saturated carbocycles. The van der Waals surface area contributed by atoms with E-state index < -0.39 is 0 Å². The van der Waals surface area contributed by atoms with E-state index in [1.54, 1.807) is 29.8 Å². The molecule has 4 nitrogen and oxygen atoms in total. The quantitative estimate of drug-likeness (QED) is 0.468. The molecule has 0 N–H and O–H groups in total. The lowest BCUT2D eigenvalue weighted by atomic mass is 10.2. The number of benzene rings is 2. The van der Waals surface area contributed by atoms with Gasteiger partial charge >= 0.3 is 0 Å². The molecule has 26 heavy (non-hydrogen) atoms. The van der Waals surface area contributed by atoms with E-state index in [2.05, 4.69) is 41.6 Å². The molecule has 2 aromatic carbocycles. The molecule has 0 spiro atoms. The Labute approximate surface area is 160 Å². The van der Waals surface area contributed by atoms with E-state index in [-0.39, 0.29) is 0 Å². The van der Waals surface area contributed by atoms with Gasteiger partial charge < -0.3 is 4.74 Å². The van der Waals surface area contributed by atoms with Gasteiger partial charge in [0.1, 0.15) is 15.8 Å². The first-order valence-electron chi connectivity index (χ1n) is 8.33. The van der Waals surface area contributed by atoms with Crippen LogP contribution in [-0.4, -0.2) is 29.0 Å². The molecule has 4 rings (SSSR count). The third-order valence-electron chi connectivity index (χ3n) is 4.04. The Morgan fingerprint density at radius 2 is 1.92 bits per heavy atom. The van der Waals surface area contributed by atoms with Crippen LogP contribution in [0.3, 0.4) is 0 Å². The van der Waals surface area contributed by atoms with E-state index in [1.165, 1.54) is 4.70 Å². The van der Waals surface area contributed by atoms with Crippen molar-refractivity contribution in [1.29, 1.82) is 0 Å². The van der Waals surface area contributed by atoms with Gasteiger partial charge in [-0.05, 0) is 31.3 Å². The maximum Gasteiger partial charge on any atom is 0.123 e. The number of hydrogen-bond donors (Lipinski definition) is 0. The molecule has 0 saturated heterocycles. The van der Waals surface area contributed by atoms with E-state index in [4.69, 9.17) is 14.7 Å². The van der Waals surface area contributed by atoms with E-state index in [9.17, 15) is 0 Å². The van der Waals surface area contributed by atoms with Crippen molar-refractivity contribution < 1.29 is 4.74 Å². The number of methoxy groups -OCH3 is 1. The predicted octanol–water partition coefficient (Wildman–Crippen LogP) is 5.06. The van der Waals surface area contributed by atoms with Crippen LogP contribution in [0.2, 0.25) is 0 Å². The maximum absolute atomic E-state index is 5.30. The predicted molar refractivity (Wildman–Crippen MR) is 109 cm³/mol. The number of hydrogen-bond acceptors (Lipinski definition) is 6. The fourth-order valence-corrected chi connectivity index (χ4v) is 4.67. The van der Waals surface area contributed by atoms with Crippen molar-refractivity contribution in [2.75, 3.05) is 14.2 Å². The van der Waals surface area contributed by atoms with E-state index in [0.717, 1.165) is 45.6 Å². The lowest BCUT2D eigenvalue weighted by molar-refractivity contribution is 0.315. The monoisotopic (exact) mass is 381 g/mol. The summed E-state index contributed by atoms with van der Waals surface area (Å²) < 4.78 is 6.54. The first-order chi connectivity index (χ1) is 12.7. The first-order valence-corrected chi connectivity index (χ1v) is 10.0. The van der Waals surface area contributed by atoms with Gasteiger partial charge in [-0.25, -0.2) is 9.97 Å². The van der Waals surface area contributed by atoms with Crippen molar-refractivity contribution in [1.82, 2.24) is 14.9 Å². The molecular weight excluding hydrogens is 362 g/mol. The summed E-state index contributed by atoms with van der Waals surface area (Å²) in [5.74, 6) is 0.854. The van der Waals surface area contributed by atoms with Gasteiger partial charge in [0.25, 0.3) is 0 Å². The molecule has 2 heterocycles. The van der Waals surface area contributed by atoms with E-state index >= 15 is 0 Å². The minimum atomic E-state index is 0.802. The van der Waals surface area contributed by atoms with Crippen LogP contribution in [0.4, 0.5) is 0 Å². The minimum absolute atomic E-state index is 0.802. The highest BCUT2D eigenvalue weighted by Crippen LogP contribution is 2.28. The average molecular weight is 382 g/mol. The highest BCUT2D eigenvalue weighted by molar-refractivity contribution is 7.18. The second-order valence-corrected chi connectivity index (χ2v) is 8.10. The van der Waals surface area contributed by atoms with Gasteiger partial charge in [-0.1, -0.05) is 24.3 Å². The molecule has 4 aromatic rings. The zero-order valence-corrected chi connectivity index (χ0v) is 16.3. The number of aromatic nitrogens is 2. The highest BCUT2D eigenvalue weighted by atomic mass is 32.1. The summed E-state index contributed by atoms with van der Waals surface area (Å²) in [7, 11) is 3.79. The molecule has 0 amide bonds. The van der Waals surface area contributed by atoms with Crippen molar-refractivity contribution in [3.05, 3.63) is 64.6 Å². The summed E-state index contributed by atoms with van der Waals surface area (Å²) in [6.45, 7) is 1.63. The fourth-order valence-electron chi connectivity index (χ4n) is 2.82. The van der Waals surface area contributed by atoms with Crippen molar-refractivity contribution >= 4 is 32.9 Å². The zero-order chi connectivity index (χ0) is 17.9. The summed E-state index contributed by atoms with van der Waals surface area (Å²) in [5, 5.41) is 4.29. The van der Waals surface area contributed by atoms with Gasteiger partial charge in [-0.3, -0.25) is 4.90 Å². The van der Waals surface area contributed by atoms with Gasteiger partial charge in [-0.2, -0.15) is 0 Å². The molecule has 0 unspecified atom stereocenters. The minimum Gasteiger partial charge on any atom is -0.497 e. The number of thiazole rings is 2. The summed E-state index contributed by atoms with van der Waals surface area (Å²) in [5.41, 5.74) is 3.25. The second kappa shape index (κ2) is 7.53. The Bertz CT molecular complexity index is 992. The highest BCUT2D eigenvalue weighted by Gasteiger charge is 2.10. The number of fused-ring (bicyclic) bond motifs is 1. The largest absolute Gasteiger partial charge is 0.497 e. The van der Waals surface area contributed by atoms with Gasteiger partial charge in [0, 0.05) is 17.5 Å². The van der Waals surface area contributed by atoms with Crippen LogP contribution < -0.4 is 4.74 Å². The standard InChI is InChI=1S/C20H19N3OS2/c1-23(12-19-22-17-8-3-4-9-18(17)26-19)11-15-13-25-20(21-15)14-6-5-7-16(10-14)24-2/h3-10,13H,11-12H2,1-2H3. The Morgan fingerprint density at radius 1 is 1.04 bits per heavy atom. The third-order valence-corrected chi connectivity index (χ3v) is 6.01. The fraction of sp³-hybridized carbons (Fsp3) is 0.200. The molecule has 0 radical (unpaired) electrons. The molecule has 2 aromatic heterocycles. The van der Waals surface area contributed by atoms with Crippen LogP contribution in [0, 0.1) is 0 Å². The van der Waals surface area contributed by atoms with Crippen LogP contribution in [0.5, 0.6) is 5.75 Å². The Kier molecular flexibility index (Phi) is 4.97. The summed E-state index contributed by atoms with van der Waals surface area (Å²) in [4.78, 5) is 11.7. The molecule has 0 aliphatic carbocycles. The number of ether oxygens (including phenoxy) is 1. The molecule has 0 atom stereocenters. The second-order valence-electron chi connectivity index (χ2n) is 6.12. The third kappa shape index (κ3) is 3.77. The van der Waals surface area contributed by atoms with Gasteiger partial charge in [0.2, 0.25) is 0 Å². The van der Waals surface area contributed by atoms with Crippen molar-refractivity contribution in [2.45, 2.75) is 13.1 Å². The zero-order valence-electron chi connectivity index (χ0n) is 14.7.